The molecule has 0 unspecified atom stereocenters. The van der Waals surface area contributed by atoms with E-state index in [1.54, 1.807) is 18.3 Å². The maximum Gasteiger partial charge on any atom is 0.251 e. The number of nitrogens with zero attached hydrogens (tertiary/aromatic N) is 3. The van der Waals surface area contributed by atoms with Crippen molar-refractivity contribution in [3.8, 4) is 0 Å². The first-order valence-electron chi connectivity index (χ1n) is 9.11. The van der Waals surface area contributed by atoms with Crippen LogP contribution in [0.15, 0.2) is 53.1 Å². The number of aromatic nitrogens is 1. The molecule has 142 valence electrons. The van der Waals surface area contributed by atoms with E-state index in [1.165, 1.54) is 0 Å². The van der Waals surface area contributed by atoms with Crippen molar-refractivity contribution in [2.24, 2.45) is 0 Å². The first kappa shape index (κ1) is 19.4. The topological polar surface area (TPSA) is 65.5 Å². The van der Waals surface area contributed by atoms with Gasteiger partial charge in [-0.1, -0.05) is 18.2 Å². The molecule has 1 fully saturated rings. The van der Waals surface area contributed by atoms with Crippen molar-refractivity contribution >= 4 is 33.6 Å². The minimum absolute atomic E-state index is 0.0985. The summed E-state index contributed by atoms with van der Waals surface area (Å²) in [5.74, 6) is 0.986. The van der Waals surface area contributed by atoms with E-state index >= 15 is 0 Å². The monoisotopic (exact) mass is 430 g/mol. The summed E-state index contributed by atoms with van der Waals surface area (Å²) >= 11 is 3.39. The third-order valence-electron chi connectivity index (χ3n) is 4.56. The van der Waals surface area contributed by atoms with Crippen LogP contribution in [-0.4, -0.2) is 54.4 Å². The number of hydrogen-bond acceptors (Lipinski definition) is 4. The summed E-state index contributed by atoms with van der Waals surface area (Å²) in [7, 11) is 0. The fourth-order valence-corrected chi connectivity index (χ4v) is 3.27. The van der Waals surface area contributed by atoms with E-state index in [2.05, 4.69) is 31.1 Å². The molecule has 0 aliphatic carbocycles. The van der Waals surface area contributed by atoms with Gasteiger partial charge in [0, 0.05) is 55.4 Å². The second-order valence-electron chi connectivity index (χ2n) is 6.43. The van der Waals surface area contributed by atoms with Crippen molar-refractivity contribution in [3.63, 3.8) is 0 Å². The highest BCUT2D eigenvalue weighted by Crippen LogP contribution is 2.17. The van der Waals surface area contributed by atoms with Gasteiger partial charge in [0.2, 0.25) is 5.91 Å². The minimum atomic E-state index is -0.0985. The Morgan fingerprint density at radius 3 is 2.44 bits per heavy atom. The quantitative estimate of drug-likeness (QED) is 0.715. The standard InChI is InChI=1S/C20H23BrN4O2/c21-17-8-9-18(23-15-17)24-11-13-25(14-12-24)19(26)7-4-10-22-20(27)16-5-2-1-3-6-16/h1-3,5-6,8-9,15H,4,7,10-14H2,(H,22,27). The molecular formula is C20H23BrN4O2. The van der Waals surface area contributed by atoms with E-state index in [-0.39, 0.29) is 11.8 Å². The Morgan fingerprint density at radius 2 is 1.78 bits per heavy atom. The normalized spacial score (nSPS) is 14.1. The van der Waals surface area contributed by atoms with Crippen LogP contribution in [0.1, 0.15) is 23.2 Å². The molecule has 0 radical (unpaired) electrons. The van der Waals surface area contributed by atoms with Crippen LogP contribution < -0.4 is 10.2 Å². The molecule has 1 aromatic carbocycles. The van der Waals surface area contributed by atoms with Crippen LogP contribution in [0.2, 0.25) is 0 Å². The molecule has 6 nitrogen and oxygen atoms in total. The highest BCUT2D eigenvalue weighted by atomic mass is 79.9. The Balaban J connectivity index is 1.36. The number of nitrogens with one attached hydrogen (secondary N) is 1. The molecule has 0 saturated carbocycles. The summed E-state index contributed by atoms with van der Waals surface area (Å²) in [5.41, 5.74) is 0.640. The lowest BCUT2D eigenvalue weighted by molar-refractivity contribution is -0.131. The molecule has 0 atom stereocenters. The fourth-order valence-electron chi connectivity index (χ4n) is 3.03. The minimum Gasteiger partial charge on any atom is -0.353 e. The number of anilines is 1. The van der Waals surface area contributed by atoms with Gasteiger partial charge in [-0.2, -0.15) is 0 Å². The van der Waals surface area contributed by atoms with Gasteiger partial charge in [0.1, 0.15) is 5.82 Å². The van der Waals surface area contributed by atoms with Gasteiger partial charge in [0.15, 0.2) is 0 Å². The molecule has 0 spiro atoms. The average molecular weight is 431 g/mol. The zero-order valence-corrected chi connectivity index (χ0v) is 16.7. The molecule has 1 aliphatic heterocycles. The Labute approximate surface area is 167 Å². The summed E-state index contributed by atoms with van der Waals surface area (Å²) in [6.07, 6.45) is 2.88. The van der Waals surface area contributed by atoms with Crippen LogP contribution in [0, 0.1) is 0 Å². The number of halogens is 1. The van der Waals surface area contributed by atoms with E-state index in [0.29, 0.717) is 38.0 Å². The molecule has 1 saturated heterocycles. The van der Waals surface area contributed by atoms with E-state index in [9.17, 15) is 9.59 Å². The summed E-state index contributed by atoms with van der Waals surface area (Å²) < 4.78 is 0.958. The zero-order valence-electron chi connectivity index (χ0n) is 15.1. The fraction of sp³-hybridized carbons (Fsp3) is 0.350. The number of carbonyl (C=O) groups excluding carboxylic acids is 2. The van der Waals surface area contributed by atoms with Crippen molar-refractivity contribution < 1.29 is 9.59 Å². The van der Waals surface area contributed by atoms with Crippen molar-refractivity contribution in [1.29, 1.82) is 0 Å². The Hall–Kier alpha value is -2.41. The lowest BCUT2D eigenvalue weighted by Gasteiger charge is -2.35. The zero-order chi connectivity index (χ0) is 19.1. The number of benzene rings is 1. The largest absolute Gasteiger partial charge is 0.353 e. The highest BCUT2D eigenvalue weighted by Gasteiger charge is 2.21. The maximum atomic E-state index is 12.4. The number of pyridine rings is 1. The van der Waals surface area contributed by atoms with E-state index in [0.717, 1.165) is 23.4 Å². The maximum absolute atomic E-state index is 12.4. The van der Waals surface area contributed by atoms with Gasteiger partial charge >= 0.3 is 0 Å². The lowest BCUT2D eigenvalue weighted by atomic mass is 10.2. The average Bonchev–Trinajstić information content (AvgIpc) is 2.72. The molecule has 7 heteroatoms. The van der Waals surface area contributed by atoms with Crippen molar-refractivity contribution in [3.05, 3.63) is 58.7 Å². The van der Waals surface area contributed by atoms with Gasteiger partial charge in [-0.05, 0) is 46.6 Å². The van der Waals surface area contributed by atoms with Crippen LogP contribution in [0.4, 0.5) is 5.82 Å². The second-order valence-corrected chi connectivity index (χ2v) is 7.34. The van der Waals surface area contributed by atoms with E-state index in [4.69, 9.17) is 0 Å². The summed E-state index contributed by atoms with van der Waals surface area (Å²) in [5, 5.41) is 2.86. The third kappa shape index (κ3) is 5.53. The first-order chi connectivity index (χ1) is 13.1. The summed E-state index contributed by atoms with van der Waals surface area (Å²) in [4.78, 5) is 32.8. The van der Waals surface area contributed by atoms with Crippen molar-refractivity contribution in [2.75, 3.05) is 37.6 Å². The SMILES string of the molecule is O=C(NCCCC(=O)N1CCN(c2ccc(Br)cn2)CC1)c1ccccc1. The molecule has 3 rings (SSSR count). The predicted octanol–water partition coefficient (Wildman–Crippen LogP) is 2.70. The van der Waals surface area contributed by atoms with E-state index in [1.807, 2.05) is 35.2 Å². The van der Waals surface area contributed by atoms with Crippen LogP contribution in [0.25, 0.3) is 0 Å². The molecule has 0 bridgehead atoms. The van der Waals surface area contributed by atoms with Gasteiger partial charge in [0.25, 0.3) is 5.91 Å². The molecule has 27 heavy (non-hydrogen) atoms. The highest BCUT2D eigenvalue weighted by molar-refractivity contribution is 9.10. The Bertz CT molecular complexity index is 759. The van der Waals surface area contributed by atoms with Crippen LogP contribution in [-0.2, 0) is 4.79 Å². The molecule has 1 N–H and O–H groups in total. The van der Waals surface area contributed by atoms with Crippen LogP contribution in [0.5, 0.6) is 0 Å². The van der Waals surface area contributed by atoms with Crippen molar-refractivity contribution in [2.45, 2.75) is 12.8 Å². The number of carbonyl (C=O) groups is 2. The van der Waals surface area contributed by atoms with Gasteiger partial charge < -0.3 is 15.1 Å². The molecule has 1 aliphatic rings. The number of rotatable bonds is 6. The lowest BCUT2D eigenvalue weighted by Crippen LogP contribution is -2.49. The smallest absolute Gasteiger partial charge is 0.251 e. The molecule has 2 heterocycles. The van der Waals surface area contributed by atoms with E-state index < -0.39 is 0 Å². The first-order valence-corrected chi connectivity index (χ1v) is 9.90. The molecule has 2 aromatic rings. The number of amides is 2. The van der Waals surface area contributed by atoms with Gasteiger partial charge in [-0.15, -0.1) is 0 Å². The Kier molecular flexibility index (Phi) is 6.81. The molecule has 2 amide bonds. The summed E-state index contributed by atoms with van der Waals surface area (Å²) in [6, 6.07) is 13.1. The molecule has 1 aromatic heterocycles. The van der Waals surface area contributed by atoms with Gasteiger partial charge in [-0.3, -0.25) is 9.59 Å². The van der Waals surface area contributed by atoms with Crippen molar-refractivity contribution in [1.82, 2.24) is 15.2 Å². The number of piperazine rings is 1. The molecular weight excluding hydrogens is 408 g/mol. The van der Waals surface area contributed by atoms with Crippen LogP contribution >= 0.6 is 15.9 Å². The second kappa shape index (κ2) is 9.50. The van der Waals surface area contributed by atoms with Gasteiger partial charge in [-0.25, -0.2) is 4.98 Å². The number of hydrogen-bond donors (Lipinski definition) is 1. The predicted molar refractivity (Wildman–Crippen MR) is 109 cm³/mol. The third-order valence-corrected chi connectivity index (χ3v) is 5.03. The Morgan fingerprint density at radius 1 is 1.04 bits per heavy atom. The van der Waals surface area contributed by atoms with Crippen LogP contribution in [0.3, 0.4) is 0 Å². The summed E-state index contributed by atoms with van der Waals surface area (Å²) in [6.45, 7) is 3.47. The van der Waals surface area contributed by atoms with Gasteiger partial charge in [0.05, 0.1) is 0 Å².